The molecule has 2 rings (SSSR count). The zero-order chi connectivity index (χ0) is 10.1. The van der Waals surface area contributed by atoms with Gasteiger partial charge in [0.25, 0.3) is 0 Å². The Kier molecular flexibility index (Phi) is 2.88. The second kappa shape index (κ2) is 3.99. The van der Waals surface area contributed by atoms with E-state index >= 15 is 0 Å². The highest BCUT2D eigenvalue weighted by molar-refractivity contribution is 9.10. The first-order valence-electron chi connectivity index (χ1n) is 4.87. The van der Waals surface area contributed by atoms with Crippen LogP contribution >= 0.6 is 15.9 Å². The van der Waals surface area contributed by atoms with Crippen LogP contribution in [0, 0.1) is 11.7 Å². The maximum atomic E-state index is 13.2. The number of hydrogen-bond acceptors (Lipinski definition) is 1. The summed E-state index contributed by atoms with van der Waals surface area (Å²) in [5, 5.41) is 0. The third kappa shape index (κ3) is 2.34. The summed E-state index contributed by atoms with van der Waals surface area (Å²) < 4.78 is 13.7. The summed E-state index contributed by atoms with van der Waals surface area (Å²) >= 11 is 3.13. The maximum Gasteiger partial charge on any atom is 0.137 e. The largest absolute Gasteiger partial charge is 0.324 e. The SMILES string of the molecule is NC(CC1CC1)c1ccc(Br)c(F)c1. The summed E-state index contributed by atoms with van der Waals surface area (Å²) in [6.45, 7) is 0. The molecule has 1 aromatic rings. The van der Waals surface area contributed by atoms with E-state index in [2.05, 4.69) is 15.9 Å². The molecular weight excluding hydrogens is 245 g/mol. The van der Waals surface area contributed by atoms with Crippen molar-refractivity contribution in [3.63, 3.8) is 0 Å². The second-order valence-corrected chi connectivity index (χ2v) is 4.81. The van der Waals surface area contributed by atoms with Gasteiger partial charge in [0, 0.05) is 6.04 Å². The topological polar surface area (TPSA) is 26.0 Å². The number of halogens is 2. The van der Waals surface area contributed by atoms with Gasteiger partial charge in [-0.05, 0) is 46.0 Å². The van der Waals surface area contributed by atoms with E-state index in [4.69, 9.17) is 5.73 Å². The van der Waals surface area contributed by atoms with E-state index in [9.17, 15) is 4.39 Å². The van der Waals surface area contributed by atoms with Gasteiger partial charge >= 0.3 is 0 Å². The molecule has 0 heterocycles. The van der Waals surface area contributed by atoms with Crippen molar-refractivity contribution in [2.45, 2.75) is 25.3 Å². The minimum atomic E-state index is -0.228. The molecule has 0 aromatic heterocycles. The van der Waals surface area contributed by atoms with Crippen molar-refractivity contribution in [1.82, 2.24) is 0 Å². The van der Waals surface area contributed by atoms with E-state index in [0.717, 1.165) is 17.9 Å². The van der Waals surface area contributed by atoms with E-state index in [0.29, 0.717) is 4.47 Å². The van der Waals surface area contributed by atoms with Crippen molar-refractivity contribution >= 4 is 15.9 Å². The van der Waals surface area contributed by atoms with E-state index in [-0.39, 0.29) is 11.9 Å². The minimum absolute atomic E-state index is 0.00917. The fourth-order valence-electron chi connectivity index (χ4n) is 1.59. The number of hydrogen-bond donors (Lipinski definition) is 1. The van der Waals surface area contributed by atoms with Crippen molar-refractivity contribution in [3.05, 3.63) is 34.1 Å². The molecule has 0 saturated heterocycles. The molecular formula is C11H13BrFN. The van der Waals surface area contributed by atoms with Crippen LogP contribution in [0.3, 0.4) is 0 Å². The highest BCUT2D eigenvalue weighted by atomic mass is 79.9. The van der Waals surface area contributed by atoms with Crippen LogP contribution in [0.1, 0.15) is 30.9 Å². The van der Waals surface area contributed by atoms with E-state index in [1.807, 2.05) is 6.07 Å². The summed E-state index contributed by atoms with van der Waals surface area (Å²) in [4.78, 5) is 0. The number of rotatable bonds is 3. The third-order valence-electron chi connectivity index (χ3n) is 2.66. The average Bonchev–Trinajstić information content (AvgIpc) is 2.93. The van der Waals surface area contributed by atoms with Gasteiger partial charge in [0.2, 0.25) is 0 Å². The molecule has 1 aliphatic rings. The highest BCUT2D eigenvalue weighted by Gasteiger charge is 2.24. The van der Waals surface area contributed by atoms with Crippen LogP contribution in [0.15, 0.2) is 22.7 Å². The Labute approximate surface area is 91.6 Å². The lowest BCUT2D eigenvalue weighted by atomic mass is 10.0. The molecule has 14 heavy (non-hydrogen) atoms. The number of benzene rings is 1. The molecule has 1 nitrogen and oxygen atoms in total. The van der Waals surface area contributed by atoms with Gasteiger partial charge in [0.05, 0.1) is 4.47 Å². The zero-order valence-corrected chi connectivity index (χ0v) is 9.43. The van der Waals surface area contributed by atoms with E-state index in [1.165, 1.54) is 18.9 Å². The third-order valence-corrected chi connectivity index (χ3v) is 3.30. The lowest BCUT2D eigenvalue weighted by Gasteiger charge is -2.11. The summed E-state index contributed by atoms with van der Waals surface area (Å²) in [6.07, 6.45) is 3.56. The van der Waals surface area contributed by atoms with Crippen molar-refractivity contribution in [1.29, 1.82) is 0 Å². The molecule has 0 aliphatic heterocycles. The fourth-order valence-corrected chi connectivity index (χ4v) is 1.84. The quantitative estimate of drug-likeness (QED) is 0.883. The summed E-state index contributed by atoms with van der Waals surface area (Å²) in [5.41, 5.74) is 6.87. The standard InChI is InChI=1S/C11H13BrFN/c12-9-4-3-8(6-10(9)13)11(14)5-7-1-2-7/h3-4,6-7,11H,1-2,5,14H2. The van der Waals surface area contributed by atoms with Crippen LogP contribution in [0.4, 0.5) is 4.39 Å². The van der Waals surface area contributed by atoms with Crippen molar-refractivity contribution < 1.29 is 4.39 Å². The first-order chi connectivity index (χ1) is 6.66. The van der Waals surface area contributed by atoms with Gasteiger partial charge in [-0.3, -0.25) is 0 Å². The van der Waals surface area contributed by atoms with Crippen LogP contribution in [0.2, 0.25) is 0 Å². The van der Waals surface area contributed by atoms with E-state index in [1.54, 1.807) is 6.07 Å². The van der Waals surface area contributed by atoms with Crippen LogP contribution in [0.25, 0.3) is 0 Å². The lowest BCUT2D eigenvalue weighted by molar-refractivity contribution is 0.581. The predicted octanol–water partition coefficient (Wildman–Crippen LogP) is 3.39. The first-order valence-corrected chi connectivity index (χ1v) is 5.66. The second-order valence-electron chi connectivity index (χ2n) is 3.96. The molecule has 3 heteroatoms. The molecule has 1 unspecified atom stereocenters. The smallest absolute Gasteiger partial charge is 0.137 e. The molecule has 1 saturated carbocycles. The molecule has 0 amide bonds. The summed E-state index contributed by atoms with van der Waals surface area (Å²) in [6, 6.07) is 5.12. The normalized spacial score (nSPS) is 18.2. The Morgan fingerprint density at radius 2 is 2.21 bits per heavy atom. The van der Waals surface area contributed by atoms with Crippen molar-refractivity contribution in [2.75, 3.05) is 0 Å². The van der Waals surface area contributed by atoms with Crippen LogP contribution in [-0.2, 0) is 0 Å². The van der Waals surface area contributed by atoms with Crippen LogP contribution in [-0.4, -0.2) is 0 Å². The van der Waals surface area contributed by atoms with Gasteiger partial charge < -0.3 is 5.73 Å². The molecule has 1 fully saturated rings. The summed E-state index contributed by atoms with van der Waals surface area (Å²) in [5.74, 6) is 0.547. The molecule has 1 atom stereocenters. The fraction of sp³-hybridized carbons (Fsp3) is 0.455. The van der Waals surface area contributed by atoms with Gasteiger partial charge in [-0.25, -0.2) is 4.39 Å². The van der Waals surface area contributed by atoms with Crippen LogP contribution in [0.5, 0.6) is 0 Å². The Morgan fingerprint density at radius 3 is 2.79 bits per heavy atom. The monoisotopic (exact) mass is 257 g/mol. The summed E-state index contributed by atoms with van der Waals surface area (Å²) in [7, 11) is 0. The molecule has 2 N–H and O–H groups in total. The zero-order valence-electron chi connectivity index (χ0n) is 7.84. The van der Waals surface area contributed by atoms with Gasteiger partial charge in [-0.2, -0.15) is 0 Å². The Balaban J connectivity index is 2.10. The maximum absolute atomic E-state index is 13.2. The Bertz CT molecular complexity index is 336. The Morgan fingerprint density at radius 1 is 1.50 bits per heavy atom. The van der Waals surface area contributed by atoms with Crippen molar-refractivity contribution in [2.24, 2.45) is 11.7 Å². The molecule has 0 bridgehead atoms. The lowest BCUT2D eigenvalue weighted by Crippen LogP contribution is -2.11. The van der Waals surface area contributed by atoms with Gasteiger partial charge in [0.1, 0.15) is 5.82 Å². The molecule has 0 spiro atoms. The van der Waals surface area contributed by atoms with Crippen molar-refractivity contribution in [3.8, 4) is 0 Å². The number of nitrogens with two attached hydrogens (primary N) is 1. The van der Waals surface area contributed by atoms with Gasteiger partial charge in [-0.1, -0.05) is 18.9 Å². The Hall–Kier alpha value is -0.410. The highest BCUT2D eigenvalue weighted by Crippen LogP contribution is 2.37. The first kappa shape index (κ1) is 10.1. The molecule has 0 radical (unpaired) electrons. The minimum Gasteiger partial charge on any atom is -0.324 e. The van der Waals surface area contributed by atoms with Crippen LogP contribution < -0.4 is 5.73 Å². The molecule has 1 aromatic carbocycles. The average molecular weight is 258 g/mol. The van der Waals surface area contributed by atoms with Gasteiger partial charge in [-0.15, -0.1) is 0 Å². The van der Waals surface area contributed by atoms with E-state index < -0.39 is 0 Å². The molecule has 1 aliphatic carbocycles. The molecule has 76 valence electrons. The van der Waals surface area contributed by atoms with Gasteiger partial charge in [0.15, 0.2) is 0 Å². The predicted molar refractivity (Wildman–Crippen MR) is 58.4 cm³/mol.